The Morgan fingerprint density at radius 1 is 1.44 bits per heavy atom. The molecule has 18 heavy (non-hydrogen) atoms. The van der Waals surface area contributed by atoms with E-state index in [1.165, 1.54) is 0 Å². The van der Waals surface area contributed by atoms with Gasteiger partial charge in [0.1, 0.15) is 4.88 Å². The molecule has 1 heterocycles. The Kier molecular flexibility index (Phi) is 3.19. The van der Waals surface area contributed by atoms with Gasteiger partial charge < -0.3 is 9.84 Å². The van der Waals surface area contributed by atoms with Gasteiger partial charge in [0.15, 0.2) is 10.8 Å². The standard InChI is InChI=1S/C13H16O4S/c1-4-17-12-9-7(10(18-12)11(15)16)5-13(2,3)6-8(9)14/h4-6H2,1-3H3,(H,15,16). The molecule has 0 aromatic carbocycles. The molecule has 0 radical (unpaired) electrons. The second-order valence-electron chi connectivity index (χ2n) is 5.25. The molecular formula is C13H16O4S. The Balaban J connectivity index is 2.59. The summed E-state index contributed by atoms with van der Waals surface area (Å²) in [7, 11) is 0. The number of rotatable bonds is 3. The molecule has 0 saturated carbocycles. The molecule has 0 fully saturated rings. The van der Waals surface area contributed by atoms with Gasteiger partial charge in [-0.05, 0) is 24.3 Å². The Bertz CT molecular complexity index is 513. The number of ether oxygens (including phenoxy) is 1. The van der Waals surface area contributed by atoms with Crippen molar-refractivity contribution in [3.63, 3.8) is 0 Å². The molecule has 0 amide bonds. The molecule has 0 saturated heterocycles. The lowest BCUT2D eigenvalue weighted by Gasteiger charge is -2.28. The number of carboxylic acids is 1. The van der Waals surface area contributed by atoms with Crippen molar-refractivity contribution in [2.45, 2.75) is 33.6 Å². The minimum absolute atomic E-state index is 0.00606. The Morgan fingerprint density at radius 3 is 2.67 bits per heavy atom. The summed E-state index contributed by atoms with van der Waals surface area (Å²) >= 11 is 1.07. The van der Waals surface area contributed by atoms with Crippen molar-refractivity contribution in [2.75, 3.05) is 6.61 Å². The average molecular weight is 268 g/mol. The minimum Gasteiger partial charge on any atom is -0.484 e. The lowest BCUT2D eigenvalue weighted by Crippen LogP contribution is -2.27. The van der Waals surface area contributed by atoms with Crippen LogP contribution >= 0.6 is 11.3 Å². The number of hydrogen-bond donors (Lipinski definition) is 1. The number of thiophene rings is 1. The van der Waals surface area contributed by atoms with Gasteiger partial charge in [-0.15, -0.1) is 0 Å². The number of hydrogen-bond acceptors (Lipinski definition) is 4. The fourth-order valence-corrected chi connectivity index (χ4v) is 3.45. The molecule has 5 heteroatoms. The second-order valence-corrected chi connectivity index (χ2v) is 6.23. The van der Waals surface area contributed by atoms with Crippen LogP contribution in [0.15, 0.2) is 0 Å². The molecule has 0 unspecified atom stereocenters. The highest BCUT2D eigenvalue weighted by molar-refractivity contribution is 7.16. The highest BCUT2D eigenvalue weighted by atomic mass is 32.1. The summed E-state index contributed by atoms with van der Waals surface area (Å²) in [4.78, 5) is 23.7. The van der Waals surface area contributed by atoms with Gasteiger partial charge in [0.25, 0.3) is 0 Å². The summed E-state index contributed by atoms with van der Waals surface area (Å²) in [5, 5.41) is 9.69. The van der Waals surface area contributed by atoms with Crippen LogP contribution in [0.3, 0.4) is 0 Å². The van der Waals surface area contributed by atoms with Crippen molar-refractivity contribution in [2.24, 2.45) is 5.41 Å². The first kappa shape index (κ1) is 13.1. The molecule has 1 aromatic heterocycles. The van der Waals surface area contributed by atoms with E-state index in [2.05, 4.69) is 0 Å². The van der Waals surface area contributed by atoms with E-state index in [-0.39, 0.29) is 16.1 Å². The Morgan fingerprint density at radius 2 is 2.11 bits per heavy atom. The van der Waals surface area contributed by atoms with E-state index in [9.17, 15) is 14.7 Å². The van der Waals surface area contributed by atoms with E-state index in [4.69, 9.17) is 4.74 Å². The van der Waals surface area contributed by atoms with Gasteiger partial charge in [-0.3, -0.25) is 4.79 Å². The quantitative estimate of drug-likeness (QED) is 0.915. The molecule has 0 spiro atoms. The molecule has 0 bridgehead atoms. The van der Waals surface area contributed by atoms with Crippen molar-refractivity contribution < 1.29 is 19.4 Å². The van der Waals surface area contributed by atoms with Crippen LogP contribution in [0.4, 0.5) is 0 Å². The largest absolute Gasteiger partial charge is 0.484 e. The molecule has 0 aliphatic heterocycles. The van der Waals surface area contributed by atoms with Crippen molar-refractivity contribution in [3.05, 3.63) is 16.0 Å². The van der Waals surface area contributed by atoms with Gasteiger partial charge >= 0.3 is 5.97 Å². The third-order valence-corrected chi connectivity index (χ3v) is 4.15. The van der Waals surface area contributed by atoms with Crippen LogP contribution in [0.5, 0.6) is 5.06 Å². The first-order valence-electron chi connectivity index (χ1n) is 5.90. The van der Waals surface area contributed by atoms with Gasteiger partial charge in [-0.25, -0.2) is 4.79 Å². The van der Waals surface area contributed by atoms with Gasteiger partial charge in [0.2, 0.25) is 0 Å². The third kappa shape index (κ3) is 2.14. The summed E-state index contributed by atoms with van der Waals surface area (Å²) in [6, 6.07) is 0. The topological polar surface area (TPSA) is 63.6 Å². The minimum atomic E-state index is -0.979. The zero-order valence-electron chi connectivity index (χ0n) is 10.7. The van der Waals surface area contributed by atoms with Crippen LogP contribution in [-0.2, 0) is 6.42 Å². The van der Waals surface area contributed by atoms with E-state index in [1.807, 2.05) is 20.8 Å². The second kappa shape index (κ2) is 4.39. The Labute approximate surface area is 110 Å². The van der Waals surface area contributed by atoms with Gasteiger partial charge in [0.05, 0.1) is 12.2 Å². The zero-order valence-corrected chi connectivity index (χ0v) is 11.5. The monoisotopic (exact) mass is 268 g/mol. The Hall–Kier alpha value is -1.36. The zero-order chi connectivity index (χ0) is 13.5. The number of carbonyl (C=O) groups excluding carboxylic acids is 1. The molecule has 98 valence electrons. The van der Waals surface area contributed by atoms with Crippen molar-refractivity contribution in [1.82, 2.24) is 0 Å². The first-order valence-corrected chi connectivity index (χ1v) is 6.72. The SMILES string of the molecule is CCOc1sc(C(=O)O)c2c1C(=O)CC(C)(C)C2. The van der Waals surface area contributed by atoms with Crippen LogP contribution < -0.4 is 4.74 Å². The van der Waals surface area contributed by atoms with Crippen molar-refractivity contribution in [3.8, 4) is 5.06 Å². The van der Waals surface area contributed by atoms with E-state index < -0.39 is 5.97 Å². The highest BCUT2D eigenvalue weighted by Crippen LogP contribution is 2.45. The number of ketones is 1. The molecule has 1 aromatic rings. The summed E-state index contributed by atoms with van der Waals surface area (Å²) in [5.74, 6) is -0.985. The number of fused-ring (bicyclic) bond motifs is 1. The predicted octanol–water partition coefficient (Wildman–Crippen LogP) is 3.00. The normalized spacial score (nSPS) is 17.4. The first-order chi connectivity index (χ1) is 8.35. The summed E-state index contributed by atoms with van der Waals surface area (Å²) < 4.78 is 5.41. The molecule has 1 aliphatic rings. The fraction of sp³-hybridized carbons (Fsp3) is 0.538. The molecule has 2 rings (SSSR count). The lowest BCUT2D eigenvalue weighted by molar-refractivity contribution is 0.0700. The number of carbonyl (C=O) groups is 2. The summed E-state index contributed by atoms with van der Waals surface area (Å²) in [6.45, 7) is 6.22. The molecule has 4 nitrogen and oxygen atoms in total. The number of carboxylic acid groups (broad SMARTS) is 1. The van der Waals surface area contributed by atoms with Crippen LogP contribution in [0.1, 0.15) is 52.8 Å². The van der Waals surface area contributed by atoms with E-state index in [0.717, 1.165) is 11.3 Å². The van der Waals surface area contributed by atoms with Crippen LogP contribution in [0.25, 0.3) is 0 Å². The smallest absolute Gasteiger partial charge is 0.346 e. The van der Waals surface area contributed by atoms with Gasteiger partial charge in [0, 0.05) is 6.42 Å². The number of Topliss-reactive ketones (excluding diaryl/α,β-unsaturated/α-hetero) is 1. The maximum absolute atomic E-state index is 12.2. The molecule has 1 aliphatic carbocycles. The van der Waals surface area contributed by atoms with Gasteiger partial charge in [-0.1, -0.05) is 25.2 Å². The van der Waals surface area contributed by atoms with Crippen molar-refractivity contribution in [1.29, 1.82) is 0 Å². The average Bonchev–Trinajstić information content (AvgIpc) is 2.55. The molecular weight excluding hydrogens is 252 g/mol. The van der Waals surface area contributed by atoms with Gasteiger partial charge in [-0.2, -0.15) is 0 Å². The third-order valence-electron chi connectivity index (χ3n) is 3.02. The lowest BCUT2D eigenvalue weighted by atomic mass is 9.74. The van der Waals surface area contributed by atoms with Crippen molar-refractivity contribution >= 4 is 23.1 Å². The molecule has 0 atom stereocenters. The summed E-state index contributed by atoms with van der Waals surface area (Å²) in [5.41, 5.74) is 0.967. The van der Waals surface area contributed by atoms with Crippen LogP contribution in [-0.4, -0.2) is 23.5 Å². The highest BCUT2D eigenvalue weighted by Gasteiger charge is 2.38. The summed E-state index contributed by atoms with van der Waals surface area (Å²) in [6.07, 6.45) is 1.05. The number of aromatic carboxylic acids is 1. The van der Waals surface area contributed by atoms with Crippen LogP contribution in [0.2, 0.25) is 0 Å². The van der Waals surface area contributed by atoms with E-state index in [1.54, 1.807) is 0 Å². The fourth-order valence-electron chi connectivity index (χ4n) is 2.36. The predicted molar refractivity (Wildman–Crippen MR) is 68.9 cm³/mol. The van der Waals surface area contributed by atoms with E-state index >= 15 is 0 Å². The maximum atomic E-state index is 12.2. The maximum Gasteiger partial charge on any atom is 0.346 e. The van der Waals surface area contributed by atoms with Crippen LogP contribution in [0, 0.1) is 5.41 Å². The van der Waals surface area contributed by atoms with E-state index in [0.29, 0.717) is 35.6 Å². The molecule has 1 N–H and O–H groups in total.